The van der Waals surface area contributed by atoms with E-state index in [1.54, 1.807) is 42.9 Å². The monoisotopic (exact) mass is 406 g/mol. The fourth-order valence-electron chi connectivity index (χ4n) is 3.60. The molecule has 154 valence electrons. The molecular formula is C21H22N6O3. The van der Waals surface area contributed by atoms with Gasteiger partial charge in [-0.3, -0.25) is 14.6 Å². The minimum absolute atomic E-state index is 0.0140. The number of carbonyl (C=O) groups excluding carboxylic acids is 2. The smallest absolute Gasteiger partial charge is 0.253 e. The number of hydrogen-bond donors (Lipinski definition) is 1. The van der Waals surface area contributed by atoms with E-state index in [4.69, 9.17) is 4.52 Å². The van der Waals surface area contributed by atoms with E-state index in [1.165, 1.54) is 6.92 Å². The molecule has 4 rings (SSSR count). The molecule has 1 saturated heterocycles. The molecule has 1 unspecified atom stereocenters. The topological polar surface area (TPSA) is 114 Å². The van der Waals surface area contributed by atoms with Crippen molar-refractivity contribution in [3.8, 4) is 11.5 Å². The van der Waals surface area contributed by atoms with Crippen LogP contribution >= 0.6 is 0 Å². The first-order valence-electron chi connectivity index (χ1n) is 9.84. The molecule has 1 aliphatic heterocycles. The minimum atomic E-state index is -0.142. The Morgan fingerprint density at radius 2 is 2.07 bits per heavy atom. The summed E-state index contributed by atoms with van der Waals surface area (Å²) in [5.41, 5.74) is 1.84. The highest BCUT2D eigenvalue weighted by atomic mass is 16.5. The SMILES string of the molecule is CC(=O)Nc1ccc(C(=O)N2CCCC(Cc3nc(-c4cnccn4)no3)C2)cc1. The lowest BCUT2D eigenvalue weighted by molar-refractivity contribution is -0.114. The average Bonchev–Trinajstić information content (AvgIpc) is 3.23. The lowest BCUT2D eigenvalue weighted by atomic mass is 9.94. The van der Waals surface area contributed by atoms with Crippen LogP contribution in [0.4, 0.5) is 5.69 Å². The molecule has 9 heteroatoms. The third kappa shape index (κ3) is 4.68. The second-order valence-corrected chi connectivity index (χ2v) is 7.32. The third-order valence-corrected chi connectivity index (χ3v) is 4.98. The number of anilines is 1. The molecule has 9 nitrogen and oxygen atoms in total. The minimum Gasteiger partial charge on any atom is -0.339 e. The van der Waals surface area contributed by atoms with E-state index in [1.807, 2.05) is 4.90 Å². The van der Waals surface area contributed by atoms with Crippen LogP contribution in [-0.4, -0.2) is 49.9 Å². The highest BCUT2D eigenvalue weighted by molar-refractivity contribution is 5.95. The Morgan fingerprint density at radius 1 is 1.23 bits per heavy atom. The maximum atomic E-state index is 12.9. The average molecular weight is 406 g/mol. The van der Waals surface area contributed by atoms with Gasteiger partial charge in [0, 0.05) is 50.1 Å². The standard InChI is InChI=1S/C21H22N6O3/c1-14(28)24-17-6-4-16(5-7-17)21(29)27-10-2-3-15(13-27)11-19-25-20(26-30-19)18-12-22-8-9-23-18/h4-9,12,15H,2-3,10-11,13H2,1H3,(H,24,28). The molecule has 1 aromatic carbocycles. The number of aromatic nitrogens is 4. The van der Waals surface area contributed by atoms with Crippen molar-refractivity contribution < 1.29 is 14.1 Å². The van der Waals surface area contributed by atoms with E-state index >= 15 is 0 Å². The van der Waals surface area contributed by atoms with Crippen LogP contribution in [0.1, 0.15) is 36.0 Å². The summed E-state index contributed by atoms with van der Waals surface area (Å²) in [5, 5.41) is 6.69. The Hall–Kier alpha value is -3.62. The van der Waals surface area contributed by atoms with Crippen molar-refractivity contribution in [1.29, 1.82) is 0 Å². The third-order valence-electron chi connectivity index (χ3n) is 4.98. The zero-order valence-electron chi connectivity index (χ0n) is 16.6. The number of likely N-dealkylation sites (tertiary alicyclic amines) is 1. The van der Waals surface area contributed by atoms with Gasteiger partial charge in [0.15, 0.2) is 0 Å². The quantitative estimate of drug-likeness (QED) is 0.692. The molecule has 0 radical (unpaired) electrons. The summed E-state index contributed by atoms with van der Waals surface area (Å²) in [5.74, 6) is 1.04. The van der Waals surface area contributed by atoms with Gasteiger partial charge >= 0.3 is 0 Å². The van der Waals surface area contributed by atoms with Crippen LogP contribution in [0.3, 0.4) is 0 Å². The summed E-state index contributed by atoms with van der Waals surface area (Å²) < 4.78 is 5.38. The first-order valence-corrected chi connectivity index (χ1v) is 9.84. The number of amides is 2. The van der Waals surface area contributed by atoms with Crippen molar-refractivity contribution in [3.05, 3.63) is 54.3 Å². The van der Waals surface area contributed by atoms with Crippen LogP contribution in [0.15, 0.2) is 47.4 Å². The van der Waals surface area contributed by atoms with Crippen LogP contribution < -0.4 is 5.32 Å². The van der Waals surface area contributed by atoms with Gasteiger partial charge in [-0.1, -0.05) is 5.16 Å². The number of carbonyl (C=O) groups is 2. The van der Waals surface area contributed by atoms with Crippen molar-refractivity contribution >= 4 is 17.5 Å². The van der Waals surface area contributed by atoms with Gasteiger partial charge in [-0.2, -0.15) is 4.98 Å². The van der Waals surface area contributed by atoms with Crippen molar-refractivity contribution in [1.82, 2.24) is 25.0 Å². The molecule has 2 aromatic heterocycles. The fraction of sp³-hybridized carbons (Fsp3) is 0.333. The summed E-state index contributed by atoms with van der Waals surface area (Å²) in [6.07, 6.45) is 7.29. The summed E-state index contributed by atoms with van der Waals surface area (Å²) in [6.45, 7) is 2.80. The van der Waals surface area contributed by atoms with E-state index in [9.17, 15) is 9.59 Å². The zero-order valence-corrected chi connectivity index (χ0v) is 16.6. The van der Waals surface area contributed by atoms with Crippen LogP contribution in [0, 0.1) is 5.92 Å². The van der Waals surface area contributed by atoms with Crippen LogP contribution in [0.5, 0.6) is 0 Å². The van der Waals surface area contributed by atoms with E-state index in [0.29, 0.717) is 41.6 Å². The lowest BCUT2D eigenvalue weighted by Gasteiger charge is -2.32. The van der Waals surface area contributed by atoms with Gasteiger partial charge < -0.3 is 14.7 Å². The van der Waals surface area contributed by atoms with Gasteiger partial charge in [0.25, 0.3) is 5.91 Å². The normalized spacial score (nSPS) is 16.3. The number of rotatable bonds is 5. The summed E-state index contributed by atoms with van der Waals surface area (Å²) in [6, 6.07) is 6.95. The fourth-order valence-corrected chi connectivity index (χ4v) is 3.60. The molecule has 0 bridgehead atoms. The van der Waals surface area contributed by atoms with E-state index < -0.39 is 0 Å². The lowest BCUT2D eigenvalue weighted by Crippen LogP contribution is -2.40. The Kier molecular flexibility index (Phi) is 5.78. The molecule has 1 atom stereocenters. The van der Waals surface area contributed by atoms with Crippen molar-refractivity contribution in [2.45, 2.75) is 26.2 Å². The Balaban J connectivity index is 1.38. The number of hydrogen-bond acceptors (Lipinski definition) is 7. The number of nitrogens with zero attached hydrogens (tertiary/aromatic N) is 5. The number of benzene rings is 1. The molecule has 3 aromatic rings. The highest BCUT2D eigenvalue weighted by Crippen LogP contribution is 2.23. The van der Waals surface area contributed by atoms with Crippen LogP contribution in [0.25, 0.3) is 11.5 Å². The van der Waals surface area contributed by atoms with E-state index in [0.717, 1.165) is 19.4 Å². The van der Waals surface area contributed by atoms with Crippen molar-refractivity contribution in [3.63, 3.8) is 0 Å². The van der Waals surface area contributed by atoms with Gasteiger partial charge in [-0.25, -0.2) is 4.98 Å². The largest absolute Gasteiger partial charge is 0.339 e. The number of piperidine rings is 1. The predicted molar refractivity (Wildman–Crippen MR) is 108 cm³/mol. The van der Waals surface area contributed by atoms with E-state index in [2.05, 4.69) is 25.4 Å². The zero-order chi connectivity index (χ0) is 20.9. The Labute approximate surface area is 173 Å². The summed E-state index contributed by atoms with van der Waals surface area (Å²) >= 11 is 0. The molecule has 3 heterocycles. The van der Waals surface area contributed by atoms with Gasteiger partial charge in [0.1, 0.15) is 5.69 Å². The summed E-state index contributed by atoms with van der Waals surface area (Å²) in [4.78, 5) is 38.5. The molecule has 1 aliphatic rings. The first kappa shape index (κ1) is 19.7. The highest BCUT2D eigenvalue weighted by Gasteiger charge is 2.26. The molecular weight excluding hydrogens is 384 g/mol. The van der Waals surface area contributed by atoms with E-state index in [-0.39, 0.29) is 17.7 Å². The first-order chi connectivity index (χ1) is 14.6. The molecule has 1 N–H and O–H groups in total. The molecule has 0 spiro atoms. The van der Waals surface area contributed by atoms with Gasteiger partial charge in [-0.15, -0.1) is 0 Å². The molecule has 2 amide bonds. The number of nitrogens with one attached hydrogen (secondary N) is 1. The van der Waals surface area contributed by atoms with Crippen molar-refractivity contribution in [2.75, 3.05) is 18.4 Å². The molecule has 30 heavy (non-hydrogen) atoms. The van der Waals surface area contributed by atoms with Gasteiger partial charge in [0.2, 0.25) is 17.6 Å². The van der Waals surface area contributed by atoms with Crippen molar-refractivity contribution in [2.24, 2.45) is 5.92 Å². The van der Waals surface area contributed by atoms with Gasteiger partial charge in [0.05, 0.1) is 6.20 Å². The molecule has 0 saturated carbocycles. The molecule has 1 fully saturated rings. The predicted octanol–water partition coefficient (Wildman–Crippen LogP) is 2.58. The van der Waals surface area contributed by atoms with Gasteiger partial charge in [-0.05, 0) is 43.0 Å². The second-order valence-electron chi connectivity index (χ2n) is 7.32. The molecule has 0 aliphatic carbocycles. The second kappa shape index (κ2) is 8.81. The maximum Gasteiger partial charge on any atom is 0.253 e. The Morgan fingerprint density at radius 3 is 2.80 bits per heavy atom. The summed E-state index contributed by atoms with van der Waals surface area (Å²) in [7, 11) is 0. The van der Waals surface area contributed by atoms with Crippen LogP contribution in [-0.2, 0) is 11.2 Å². The van der Waals surface area contributed by atoms with Crippen LogP contribution in [0.2, 0.25) is 0 Å². The maximum absolute atomic E-state index is 12.9. The Bertz CT molecular complexity index is 1020.